The van der Waals surface area contributed by atoms with Crippen LogP contribution >= 0.6 is 0 Å². The van der Waals surface area contributed by atoms with Crippen LogP contribution in [0.4, 0.5) is 5.69 Å². The third-order valence-electron chi connectivity index (χ3n) is 4.77. The number of nitrogens with one attached hydrogen (secondary N) is 1. The summed E-state index contributed by atoms with van der Waals surface area (Å²) in [4.78, 5) is 24.8. The minimum absolute atomic E-state index is 0.0341. The van der Waals surface area contributed by atoms with Crippen molar-refractivity contribution in [2.45, 2.75) is 45.6 Å². The summed E-state index contributed by atoms with van der Waals surface area (Å²) in [5.41, 5.74) is 2.16. The summed E-state index contributed by atoms with van der Waals surface area (Å²) in [6, 6.07) is 7.09. The van der Waals surface area contributed by atoms with Gasteiger partial charge in [-0.25, -0.2) is 4.79 Å². The van der Waals surface area contributed by atoms with Crippen LogP contribution in [0.25, 0.3) is 0 Å². The van der Waals surface area contributed by atoms with Crippen molar-refractivity contribution in [1.82, 2.24) is 0 Å². The second-order valence-electron chi connectivity index (χ2n) is 6.32. The van der Waals surface area contributed by atoms with Crippen LogP contribution in [0, 0.1) is 13.8 Å². The average molecular weight is 327 g/mol. The normalized spacial score (nSPS) is 14.3. The number of carbonyl (C=O) groups excluding carboxylic acids is 1. The molecule has 1 heterocycles. The van der Waals surface area contributed by atoms with E-state index >= 15 is 0 Å². The first kappa shape index (κ1) is 16.5. The Morgan fingerprint density at radius 2 is 2.08 bits per heavy atom. The molecule has 2 N–H and O–H groups in total. The monoisotopic (exact) mass is 327 g/mol. The van der Waals surface area contributed by atoms with Crippen molar-refractivity contribution in [2.24, 2.45) is 0 Å². The SMILES string of the molecule is Cc1cc(C2CCC2)oc(=O)c1C(=O)Nc1cccc(CO)c1C. The van der Waals surface area contributed by atoms with Crippen molar-refractivity contribution in [2.75, 3.05) is 5.32 Å². The zero-order chi connectivity index (χ0) is 17.3. The molecule has 1 amide bonds. The molecule has 0 spiro atoms. The standard InChI is InChI=1S/C19H21NO4/c1-11-9-16(13-5-3-6-13)24-19(23)17(11)18(22)20-15-8-4-7-14(10-21)12(15)2/h4,7-9,13,21H,3,5-6,10H2,1-2H3,(H,20,22). The Labute approximate surface area is 140 Å². The van der Waals surface area contributed by atoms with Gasteiger partial charge in [-0.15, -0.1) is 0 Å². The van der Waals surface area contributed by atoms with Crippen molar-refractivity contribution >= 4 is 11.6 Å². The smallest absolute Gasteiger partial charge is 0.349 e. The molecular formula is C19H21NO4. The maximum atomic E-state index is 12.5. The molecule has 1 saturated carbocycles. The molecule has 0 saturated heterocycles. The Hall–Kier alpha value is -2.40. The first-order valence-electron chi connectivity index (χ1n) is 8.16. The van der Waals surface area contributed by atoms with Gasteiger partial charge < -0.3 is 14.8 Å². The lowest BCUT2D eigenvalue weighted by Gasteiger charge is -2.24. The zero-order valence-corrected chi connectivity index (χ0v) is 13.9. The van der Waals surface area contributed by atoms with Crippen molar-refractivity contribution in [3.8, 4) is 0 Å². The second kappa shape index (κ2) is 6.61. The molecule has 2 aromatic rings. The van der Waals surface area contributed by atoms with E-state index in [-0.39, 0.29) is 12.2 Å². The predicted molar refractivity (Wildman–Crippen MR) is 91.4 cm³/mol. The number of anilines is 1. The van der Waals surface area contributed by atoms with Gasteiger partial charge in [-0.2, -0.15) is 0 Å². The Kier molecular flexibility index (Phi) is 4.53. The lowest BCUT2D eigenvalue weighted by molar-refractivity contribution is 0.102. The molecule has 1 aliphatic carbocycles. The summed E-state index contributed by atoms with van der Waals surface area (Å²) in [6.07, 6.45) is 3.21. The Balaban J connectivity index is 1.89. The predicted octanol–water partition coefficient (Wildman–Crippen LogP) is 3.27. The van der Waals surface area contributed by atoms with Crippen molar-refractivity contribution in [3.05, 3.63) is 62.7 Å². The maximum absolute atomic E-state index is 12.5. The molecule has 1 aliphatic rings. The van der Waals surface area contributed by atoms with Gasteiger partial charge in [0.2, 0.25) is 0 Å². The van der Waals surface area contributed by atoms with Crippen molar-refractivity contribution < 1.29 is 14.3 Å². The van der Waals surface area contributed by atoms with Crippen molar-refractivity contribution in [1.29, 1.82) is 0 Å². The molecule has 3 rings (SSSR count). The largest absolute Gasteiger partial charge is 0.427 e. The molecule has 0 bridgehead atoms. The number of hydrogen-bond donors (Lipinski definition) is 2. The first-order valence-corrected chi connectivity index (χ1v) is 8.16. The number of aryl methyl sites for hydroxylation is 1. The van der Waals surface area contributed by atoms with E-state index in [0.29, 0.717) is 22.9 Å². The van der Waals surface area contributed by atoms with E-state index in [2.05, 4.69) is 5.32 Å². The van der Waals surface area contributed by atoms with E-state index in [9.17, 15) is 14.7 Å². The fourth-order valence-electron chi connectivity index (χ4n) is 2.97. The summed E-state index contributed by atoms with van der Waals surface area (Å²) in [5.74, 6) is 0.496. The first-order chi connectivity index (χ1) is 11.5. The van der Waals surface area contributed by atoms with Gasteiger partial charge in [0, 0.05) is 11.6 Å². The summed E-state index contributed by atoms with van der Waals surface area (Å²) in [5, 5.41) is 12.1. The highest BCUT2D eigenvalue weighted by molar-refractivity contribution is 6.05. The van der Waals surface area contributed by atoms with Gasteiger partial charge in [-0.3, -0.25) is 4.79 Å². The summed E-state index contributed by atoms with van der Waals surface area (Å²) in [6.45, 7) is 3.47. The minimum Gasteiger partial charge on any atom is -0.427 e. The molecule has 0 aliphatic heterocycles. The van der Waals surface area contributed by atoms with Gasteiger partial charge in [0.15, 0.2) is 0 Å². The van der Waals surface area contributed by atoms with E-state index in [4.69, 9.17) is 4.42 Å². The molecule has 1 aromatic heterocycles. The third-order valence-corrected chi connectivity index (χ3v) is 4.77. The summed E-state index contributed by atoms with van der Waals surface area (Å²) >= 11 is 0. The average Bonchev–Trinajstić information content (AvgIpc) is 2.47. The van der Waals surface area contributed by atoms with Crippen LogP contribution in [0.5, 0.6) is 0 Å². The summed E-state index contributed by atoms with van der Waals surface area (Å²) < 4.78 is 5.37. The van der Waals surface area contributed by atoms with E-state index in [1.165, 1.54) is 0 Å². The Morgan fingerprint density at radius 1 is 1.33 bits per heavy atom. The zero-order valence-electron chi connectivity index (χ0n) is 13.9. The molecule has 126 valence electrons. The van der Waals surface area contributed by atoms with Gasteiger partial charge >= 0.3 is 5.63 Å². The van der Waals surface area contributed by atoms with E-state index in [0.717, 1.165) is 30.4 Å². The molecule has 5 nitrogen and oxygen atoms in total. The molecule has 0 atom stereocenters. The number of rotatable bonds is 4. The lowest BCUT2D eigenvalue weighted by Crippen LogP contribution is -2.24. The Bertz CT molecular complexity index is 834. The topological polar surface area (TPSA) is 79.5 Å². The van der Waals surface area contributed by atoms with Crippen molar-refractivity contribution in [3.63, 3.8) is 0 Å². The van der Waals surface area contributed by atoms with Gasteiger partial charge in [-0.1, -0.05) is 18.6 Å². The van der Waals surface area contributed by atoms with Crippen LogP contribution in [0.2, 0.25) is 0 Å². The molecule has 0 radical (unpaired) electrons. The quantitative estimate of drug-likeness (QED) is 0.903. The van der Waals surface area contributed by atoms with Gasteiger partial charge in [0.25, 0.3) is 5.91 Å². The number of aliphatic hydroxyl groups excluding tert-OH is 1. The number of amides is 1. The van der Waals surface area contributed by atoms with Crippen LogP contribution in [0.1, 0.15) is 58.0 Å². The van der Waals surface area contributed by atoms with Gasteiger partial charge in [0.1, 0.15) is 11.3 Å². The molecule has 1 aromatic carbocycles. The van der Waals surface area contributed by atoms with E-state index in [1.54, 1.807) is 31.2 Å². The maximum Gasteiger partial charge on any atom is 0.349 e. The third kappa shape index (κ3) is 2.99. The number of aliphatic hydroxyl groups is 1. The number of benzene rings is 1. The second-order valence-corrected chi connectivity index (χ2v) is 6.32. The highest BCUT2D eigenvalue weighted by Gasteiger charge is 2.25. The van der Waals surface area contributed by atoms with Gasteiger partial charge in [0.05, 0.1) is 6.61 Å². The molecular weight excluding hydrogens is 306 g/mol. The molecule has 5 heteroatoms. The van der Waals surface area contributed by atoms with E-state index < -0.39 is 11.5 Å². The molecule has 0 unspecified atom stereocenters. The van der Waals surface area contributed by atoms with Crippen LogP contribution in [-0.2, 0) is 6.61 Å². The summed E-state index contributed by atoms with van der Waals surface area (Å²) in [7, 11) is 0. The van der Waals surface area contributed by atoms with Crippen LogP contribution in [0.3, 0.4) is 0 Å². The van der Waals surface area contributed by atoms with Crippen LogP contribution in [-0.4, -0.2) is 11.0 Å². The van der Waals surface area contributed by atoms with E-state index in [1.807, 2.05) is 6.92 Å². The Morgan fingerprint density at radius 3 is 2.67 bits per heavy atom. The molecule has 24 heavy (non-hydrogen) atoms. The van der Waals surface area contributed by atoms with Crippen LogP contribution < -0.4 is 10.9 Å². The fourth-order valence-corrected chi connectivity index (χ4v) is 2.97. The number of carbonyl (C=O) groups is 1. The highest BCUT2D eigenvalue weighted by atomic mass is 16.4. The van der Waals surface area contributed by atoms with Crippen LogP contribution in [0.15, 0.2) is 33.5 Å². The molecule has 1 fully saturated rings. The highest BCUT2D eigenvalue weighted by Crippen LogP contribution is 2.36. The minimum atomic E-state index is -0.592. The lowest BCUT2D eigenvalue weighted by atomic mass is 9.83. The fraction of sp³-hybridized carbons (Fsp3) is 0.368. The number of hydrogen-bond acceptors (Lipinski definition) is 4. The van der Waals surface area contributed by atoms with Gasteiger partial charge in [-0.05, 0) is 55.5 Å².